The topological polar surface area (TPSA) is 92.6 Å². The number of carboxylic acid groups (broad SMARTS) is 1. The zero-order chi connectivity index (χ0) is 29.9. The molecule has 0 atom stereocenters. The second kappa shape index (κ2) is 13.2. The normalized spacial score (nSPS) is 24.0. The number of methoxy groups -OCH3 is 1. The van der Waals surface area contributed by atoms with E-state index in [4.69, 9.17) is 9.72 Å². The molecule has 2 aromatic heterocycles. The lowest BCUT2D eigenvalue weighted by molar-refractivity contribution is -0.138. The van der Waals surface area contributed by atoms with Gasteiger partial charge in [-0.3, -0.25) is 14.6 Å². The van der Waals surface area contributed by atoms with Gasteiger partial charge in [0.15, 0.2) is 0 Å². The van der Waals surface area contributed by atoms with Gasteiger partial charge in [-0.15, -0.1) is 11.3 Å². The van der Waals surface area contributed by atoms with Crippen molar-refractivity contribution in [2.24, 2.45) is 17.8 Å². The van der Waals surface area contributed by atoms with Crippen molar-refractivity contribution in [1.82, 2.24) is 9.97 Å². The van der Waals surface area contributed by atoms with E-state index in [0.29, 0.717) is 17.8 Å². The summed E-state index contributed by atoms with van der Waals surface area (Å²) in [5, 5.41) is 10.5. The number of aliphatic carboxylic acids is 1. The number of carbonyl (C=O) groups is 2. The second-order valence-corrected chi connectivity index (χ2v) is 14.0. The van der Waals surface area contributed by atoms with Crippen molar-refractivity contribution < 1.29 is 19.4 Å². The molecule has 0 bridgehead atoms. The van der Waals surface area contributed by atoms with Crippen LogP contribution in [0.25, 0.3) is 10.4 Å². The molecule has 3 saturated carbocycles. The van der Waals surface area contributed by atoms with E-state index in [1.54, 1.807) is 18.4 Å². The van der Waals surface area contributed by atoms with Gasteiger partial charge in [0, 0.05) is 48.3 Å². The SMILES string of the molecule is COc1ccc([C@H]2CC[C@H](CN(c3cccc(-c4cnc(C5CC5)s4)c3)C(=O)[C@H]3CC[C@H](CC(=O)O)CC3)CC2)nc1C. The van der Waals surface area contributed by atoms with Crippen molar-refractivity contribution in [2.45, 2.75) is 89.4 Å². The predicted octanol–water partition coefficient (Wildman–Crippen LogP) is 7.99. The monoisotopic (exact) mass is 601 g/mol. The van der Waals surface area contributed by atoms with Gasteiger partial charge in [0.1, 0.15) is 5.75 Å². The summed E-state index contributed by atoms with van der Waals surface area (Å²) in [7, 11) is 1.68. The summed E-state index contributed by atoms with van der Waals surface area (Å²) in [6, 6.07) is 12.6. The maximum absolute atomic E-state index is 14.2. The lowest BCUT2D eigenvalue weighted by Gasteiger charge is -2.36. The van der Waals surface area contributed by atoms with Gasteiger partial charge >= 0.3 is 5.97 Å². The van der Waals surface area contributed by atoms with E-state index in [-0.39, 0.29) is 24.2 Å². The van der Waals surface area contributed by atoms with Crippen LogP contribution in [0.15, 0.2) is 42.6 Å². The fraction of sp³-hybridized carbons (Fsp3) is 0.543. The first-order chi connectivity index (χ1) is 20.9. The largest absolute Gasteiger partial charge is 0.495 e. The summed E-state index contributed by atoms with van der Waals surface area (Å²) in [6.45, 7) is 2.72. The number of nitrogens with zero attached hydrogens (tertiary/aromatic N) is 3. The highest BCUT2D eigenvalue weighted by Crippen LogP contribution is 2.44. The van der Waals surface area contributed by atoms with Gasteiger partial charge in [0.2, 0.25) is 5.91 Å². The van der Waals surface area contributed by atoms with Crippen molar-refractivity contribution in [1.29, 1.82) is 0 Å². The van der Waals surface area contributed by atoms with Crippen LogP contribution in [-0.4, -0.2) is 40.6 Å². The van der Waals surface area contributed by atoms with Crippen LogP contribution < -0.4 is 9.64 Å². The number of anilines is 1. The van der Waals surface area contributed by atoms with Gasteiger partial charge in [0.05, 0.1) is 22.7 Å². The molecular weight excluding hydrogens is 558 g/mol. The molecular formula is C35H43N3O4S. The Kier molecular flexibility index (Phi) is 9.12. The van der Waals surface area contributed by atoms with Crippen LogP contribution in [0.2, 0.25) is 0 Å². The number of carbonyl (C=O) groups excluding carboxylic acids is 1. The molecule has 3 aliphatic rings. The molecule has 43 heavy (non-hydrogen) atoms. The highest BCUT2D eigenvalue weighted by atomic mass is 32.1. The van der Waals surface area contributed by atoms with E-state index in [1.807, 2.05) is 19.2 Å². The molecule has 7 nitrogen and oxygen atoms in total. The van der Waals surface area contributed by atoms with Crippen LogP contribution in [0, 0.1) is 24.7 Å². The first-order valence-electron chi connectivity index (χ1n) is 16.0. The smallest absolute Gasteiger partial charge is 0.303 e. The van der Waals surface area contributed by atoms with Gasteiger partial charge < -0.3 is 14.7 Å². The molecule has 0 aliphatic heterocycles. The predicted molar refractivity (Wildman–Crippen MR) is 170 cm³/mol. The summed E-state index contributed by atoms with van der Waals surface area (Å²) in [5.41, 5.74) is 4.16. The number of aryl methyl sites for hydroxylation is 1. The van der Waals surface area contributed by atoms with Gasteiger partial charge in [-0.25, -0.2) is 4.98 Å². The Labute approximate surface area is 258 Å². The van der Waals surface area contributed by atoms with Crippen LogP contribution >= 0.6 is 11.3 Å². The molecule has 0 spiro atoms. The molecule has 228 valence electrons. The first kappa shape index (κ1) is 29.8. The van der Waals surface area contributed by atoms with E-state index >= 15 is 0 Å². The molecule has 3 aromatic rings. The maximum atomic E-state index is 14.2. The summed E-state index contributed by atoms with van der Waals surface area (Å²) < 4.78 is 5.41. The minimum atomic E-state index is -0.739. The average Bonchev–Trinajstić information content (AvgIpc) is 3.76. The third-order valence-electron chi connectivity index (χ3n) is 9.80. The quantitative estimate of drug-likeness (QED) is 0.253. The van der Waals surface area contributed by atoms with Crippen molar-refractivity contribution in [3.05, 3.63) is 59.0 Å². The molecule has 2 heterocycles. The molecule has 3 aliphatic carbocycles. The van der Waals surface area contributed by atoms with E-state index in [2.05, 4.69) is 40.2 Å². The van der Waals surface area contributed by atoms with Crippen LogP contribution in [-0.2, 0) is 9.59 Å². The number of rotatable bonds is 10. The molecule has 6 rings (SSSR count). The molecule has 1 N–H and O–H groups in total. The zero-order valence-corrected chi connectivity index (χ0v) is 26.2. The summed E-state index contributed by atoms with van der Waals surface area (Å²) >= 11 is 1.78. The molecule has 0 unspecified atom stereocenters. The van der Waals surface area contributed by atoms with Crippen LogP contribution in [0.4, 0.5) is 5.69 Å². The number of pyridine rings is 1. The van der Waals surface area contributed by atoms with Crippen molar-refractivity contribution in [3.8, 4) is 16.2 Å². The highest BCUT2D eigenvalue weighted by Gasteiger charge is 2.34. The Morgan fingerprint density at radius 2 is 1.67 bits per heavy atom. The Bertz CT molecular complexity index is 1430. The molecule has 1 amide bonds. The lowest BCUT2D eigenvalue weighted by atomic mass is 9.78. The number of hydrogen-bond acceptors (Lipinski definition) is 6. The number of amides is 1. The first-order valence-corrected chi connectivity index (χ1v) is 16.8. The van der Waals surface area contributed by atoms with Crippen molar-refractivity contribution in [2.75, 3.05) is 18.6 Å². The lowest BCUT2D eigenvalue weighted by Crippen LogP contribution is -2.41. The van der Waals surface area contributed by atoms with E-state index < -0.39 is 5.97 Å². The van der Waals surface area contributed by atoms with E-state index in [0.717, 1.165) is 91.2 Å². The van der Waals surface area contributed by atoms with Crippen molar-refractivity contribution in [3.63, 3.8) is 0 Å². The van der Waals surface area contributed by atoms with Crippen molar-refractivity contribution >= 4 is 28.9 Å². The Morgan fingerprint density at radius 1 is 0.953 bits per heavy atom. The Morgan fingerprint density at radius 3 is 2.35 bits per heavy atom. The highest BCUT2D eigenvalue weighted by molar-refractivity contribution is 7.15. The average molecular weight is 602 g/mol. The van der Waals surface area contributed by atoms with Gasteiger partial charge in [-0.2, -0.15) is 0 Å². The van der Waals surface area contributed by atoms with E-state index in [9.17, 15) is 14.7 Å². The standard InChI is InChI=1S/C35H43N3O4S/c1-22-31(42-2)17-16-30(37-22)25-10-8-24(9-11-25)21-38(35(41)27-12-6-23(7-13-27)18-33(39)40)29-5-3-4-28(19-29)32-20-36-34(43-32)26-14-15-26/h3-5,16-17,19-20,23-27H,6-15,18,21H2,1-2H3,(H,39,40)/t23-,24-,25-,27-. The number of ether oxygens (including phenoxy) is 1. The molecule has 1 aromatic carbocycles. The van der Waals surface area contributed by atoms with Gasteiger partial charge in [-0.05, 0) is 113 Å². The molecule has 0 saturated heterocycles. The van der Waals surface area contributed by atoms with Gasteiger partial charge in [0.25, 0.3) is 0 Å². The van der Waals surface area contributed by atoms with Crippen LogP contribution in [0.1, 0.15) is 98.9 Å². The zero-order valence-electron chi connectivity index (χ0n) is 25.3. The molecule has 0 radical (unpaired) electrons. The number of hydrogen-bond donors (Lipinski definition) is 1. The number of carboxylic acids is 1. The molecule has 3 fully saturated rings. The van der Waals surface area contributed by atoms with Crippen LogP contribution in [0.5, 0.6) is 5.75 Å². The third kappa shape index (κ3) is 7.11. The minimum absolute atomic E-state index is 0.0543. The Balaban J connectivity index is 1.18. The summed E-state index contributed by atoms with van der Waals surface area (Å²) in [5.74, 6) is 1.90. The fourth-order valence-electron chi connectivity index (χ4n) is 7.08. The second-order valence-electron chi connectivity index (χ2n) is 12.9. The minimum Gasteiger partial charge on any atom is -0.495 e. The fourth-order valence-corrected chi connectivity index (χ4v) is 8.16. The number of aromatic nitrogens is 2. The Hall–Kier alpha value is -3.26. The summed E-state index contributed by atoms with van der Waals surface area (Å²) in [6.07, 6.45) is 12.1. The summed E-state index contributed by atoms with van der Waals surface area (Å²) in [4.78, 5) is 38.2. The number of benzene rings is 1. The van der Waals surface area contributed by atoms with Crippen LogP contribution in [0.3, 0.4) is 0 Å². The molecule has 8 heteroatoms. The van der Waals surface area contributed by atoms with Gasteiger partial charge in [-0.1, -0.05) is 12.1 Å². The third-order valence-corrected chi connectivity index (χ3v) is 11.0. The number of thiazole rings is 1. The van der Waals surface area contributed by atoms with E-state index in [1.165, 1.54) is 17.8 Å². The maximum Gasteiger partial charge on any atom is 0.303 e.